The molecule has 6 rings (SSSR count). The lowest BCUT2D eigenvalue weighted by molar-refractivity contribution is -0.145. The van der Waals surface area contributed by atoms with Gasteiger partial charge in [0.25, 0.3) is 0 Å². The predicted octanol–water partition coefficient (Wildman–Crippen LogP) is 6.28. The summed E-state index contributed by atoms with van der Waals surface area (Å²) in [5.74, 6) is 1.57. The van der Waals surface area contributed by atoms with E-state index in [9.17, 15) is 14.7 Å². The number of hydrogen-bond donors (Lipinski definition) is 4. The second kappa shape index (κ2) is 16.2. The molecule has 4 aromatic rings. The SMILES string of the molecule is COC[C@H]1C[C@@H](c2ncc(-c3ccc(-c4ccc(-c5cnc([C@@H]6CCCN6C(=O)[C@@H](NC(O)OC)C(C)C)[nH]5)cc4)cc3)[nH]2)N(C(=O)OC(C)(C)C)C1. The Morgan fingerprint density at radius 2 is 1.43 bits per heavy atom. The minimum Gasteiger partial charge on any atom is -0.444 e. The average Bonchev–Trinajstić information content (AvgIpc) is 3.96. The van der Waals surface area contributed by atoms with Crippen LogP contribution in [0.4, 0.5) is 4.79 Å². The summed E-state index contributed by atoms with van der Waals surface area (Å²) in [6.07, 6.45) is 4.51. The van der Waals surface area contributed by atoms with Gasteiger partial charge in [0.05, 0.1) is 48.5 Å². The van der Waals surface area contributed by atoms with Gasteiger partial charge >= 0.3 is 6.09 Å². The maximum atomic E-state index is 13.6. The third-order valence-corrected chi connectivity index (χ3v) is 9.98. The van der Waals surface area contributed by atoms with E-state index in [4.69, 9.17) is 19.2 Å². The smallest absolute Gasteiger partial charge is 0.410 e. The number of ether oxygens (including phenoxy) is 3. The average molecular weight is 728 g/mol. The van der Waals surface area contributed by atoms with Gasteiger partial charge in [0.2, 0.25) is 12.3 Å². The number of aromatic nitrogens is 4. The number of amides is 2. The second-order valence-corrected chi connectivity index (χ2v) is 15.4. The fourth-order valence-electron chi connectivity index (χ4n) is 7.31. The third kappa shape index (κ3) is 8.81. The molecular formula is C40H53N7O6. The summed E-state index contributed by atoms with van der Waals surface area (Å²) < 4.78 is 16.1. The Hall–Kier alpha value is -4.56. The van der Waals surface area contributed by atoms with Crippen LogP contribution in [0, 0.1) is 11.8 Å². The van der Waals surface area contributed by atoms with Crippen LogP contribution in [0.15, 0.2) is 60.9 Å². The van der Waals surface area contributed by atoms with Crippen molar-refractivity contribution < 1.29 is 28.9 Å². The highest BCUT2D eigenvalue weighted by molar-refractivity contribution is 5.83. The Morgan fingerprint density at radius 3 is 1.94 bits per heavy atom. The van der Waals surface area contributed by atoms with Gasteiger partial charge in [0.15, 0.2) is 0 Å². The van der Waals surface area contributed by atoms with Gasteiger partial charge in [-0.2, -0.15) is 0 Å². The first-order chi connectivity index (χ1) is 25.3. The first kappa shape index (κ1) is 38.2. The summed E-state index contributed by atoms with van der Waals surface area (Å²) in [5, 5.41) is 12.9. The van der Waals surface area contributed by atoms with Crippen molar-refractivity contribution in [3.63, 3.8) is 0 Å². The number of rotatable bonds is 12. The molecule has 0 aliphatic carbocycles. The predicted molar refractivity (Wildman–Crippen MR) is 201 cm³/mol. The van der Waals surface area contributed by atoms with Gasteiger partial charge in [-0.1, -0.05) is 62.4 Å². The maximum absolute atomic E-state index is 13.6. The zero-order chi connectivity index (χ0) is 37.9. The molecule has 2 fully saturated rings. The van der Waals surface area contributed by atoms with E-state index < -0.39 is 18.1 Å². The molecule has 2 saturated heterocycles. The number of H-pyrrole nitrogens is 2. The molecule has 4 N–H and O–H groups in total. The summed E-state index contributed by atoms with van der Waals surface area (Å²) in [6, 6.07) is 15.7. The van der Waals surface area contributed by atoms with Crippen LogP contribution >= 0.6 is 0 Å². The first-order valence-corrected chi connectivity index (χ1v) is 18.4. The molecule has 13 nitrogen and oxygen atoms in total. The zero-order valence-corrected chi connectivity index (χ0v) is 31.8. The molecule has 2 aromatic heterocycles. The molecule has 2 aliphatic heterocycles. The van der Waals surface area contributed by atoms with Gasteiger partial charge in [-0.15, -0.1) is 0 Å². The number of nitrogens with one attached hydrogen (secondary N) is 3. The van der Waals surface area contributed by atoms with Crippen LogP contribution in [-0.4, -0.2) is 98.8 Å². The lowest BCUT2D eigenvalue weighted by Crippen LogP contribution is -2.52. The summed E-state index contributed by atoms with van der Waals surface area (Å²) in [4.78, 5) is 46.6. The number of benzene rings is 2. The van der Waals surface area contributed by atoms with Gasteiger partial charge in [-0.3, -0.25) is 15.0 Å². The molecule has 284 valence electrons. The standard InChI is InChI=1S/C40H53N7O6/c1-24(2)34(45-38(49)52-7)37(48)46-18-8-9-32(46)35-41-20-30(43-35)28-14-10-26(11-15-28)27-12-16-29(17-13-27)31-21-42-36(44-31)33-19-25(23-51-6)22-47(33)39(50)53-40(3,4)5/h10-17,20-21,24-25,32-34,38,45,49H,8-9,18-19,22-23H2,1-7H3,(H,41,43)(H,42,44)/t25-,32-,33-,34-,38?/m0/s1. The molecule has 0 radical (unpaired) electrons. The summed E-state index contributed by atoms with van der Waals surface area (Å²) in [6.45, 7) is 11.3. The topological polar surface area (TPSA) is 158 Å². The maximum Gasteiger partial charge on any atom is 0.410 e. The first-order valence-electron chi connectivity index (χ1n) is 18.4. The summed E-state index contributed by atoms with van der Waals surface area (Å²) in [7, 11) is 3.07. The molecule has 0 saturated carbocycles. The number of methoxy groups -OCH3 is 2. The Kier molecular flexibility index (Phi) is 11.7. The minimum absolute atomic E-state index is 0.0381. The van der Waals surface area contributed by atoms with E-state index in [0.717, 1.165) is 64.6 Å². The van der Waals surface area contributed by atoms with E-state index in [2.05, 4.69) is 68.8 Å². The van der Waals surface area contributed by atoms with E-state index in [1.165, 1.54) is 7.11 Å². The van der Waals surface area contributed by atoms with Crippen LogP contribution in [0.25, 0.3) is 33.6 Å². The minimum atomic E-state index is -1.22. The molecule has 53 heavy (non-hydrogen) atoms. The molecule has 1 unspecified atom stereocenters. The van der Waals surface area contributed by atoms with Crippen molar-refractivity contribution in [1.82, 2.24) is 35.1 Å². The fourth-order valence-corrected chi connectivity index (χ4v) is 7.31. The Bertz CT molecular complexity index is 1830. The van der Waals surface area contributed by atoms with E-state index in [0.29, 0.717) is 19.7 Å². The molecule has 2 aliphatic rings. The molecule has 0 bridgehead atoms. The highest BCUT2D eigenvalue weighted by Gasteiger charge is 2.40. The van der Waals surface area contributed by atoms with Crippen molar-refractivity contribution in [2.45, 2.75) is 84.0 Å². The Morgan fingerprint density at radius 1 is 0.887 bits per heavy atom. The van der Waals surface area contributed by atoms with Crippen molar-refractivity contribution in [3.8, 4) is 33.6 Å². The van der Waals surface area contributed by atoms with E-state index in [1.54, 1.807) is 12.0 Å². The van der Waals surface area contributed by atoms with Crippen molar-refractivity contribution >= 4 is 12.0 Å². The van der Waals surface area contributed by atoms with Crippen molar-refractivity contribution in [1.29, 1.82) is 0 Å². The normalized spacial score (nSPS) is 20.3. The van der Waals surface area contributed by atoms with Gasteiger partial charge < -0.3 is 34.2 Å². The van der Waals surface area contributed by atoms with Gasteiger partial charge in [-0.25, -0.2) is 14.8 Å². The number of hydrogen-bond acceptors (Lipinski definition) is 9. The number of aromatic amines is 2. The van der Waals surface area contributed by atoms with Crippen LogP contribution in [-0.2, 0) is 19.0 Å². The highest BCUT2D eigenvalue weighted by atomic mass is 16.6. The molecule has 2 amide bonds. The largest absolute Gasteiger partial charge is 0.444 e. The molecular weight excluding hydrogens is 674 g/mol. The number of nitrogens with zero attached hydrogens (tertiary/aromatic N) is 4. The molecule has 4 heterocycles. The number of carbonyl (C=O) groups is 2. The number of carbonyl (C=O) groups excluding carboxylic acids is 2. The van der Waals surface area contributed by atoms with Gasteiger partial charge in [0, 0.05) is 33.2 Å². The number of aliphatic hydroxyl groups is 1. The lowest BCUT2D eigenvalue weighted by atomic mass is 10.0. The van der Waals surface area contributed by atoms with Crippen molar-refractivity contribution in [3.05, 3.63) is 72.6 Å². The second-order valence-electron chi connectivity index (χ2n) is 15.4. The molecule has 0 spiro atoms. The summed E-state index contributed by atoms with van der Waals surface area (Å²) >= 11 is 0. The summed E-state index contributed by atoms with van der Waals surface area (Å²) in [5.41, 5.74) is 5.31. The van der Waals surface area contributed by atoms with E-state index in [-0.39, 0.29) is 35.9 Å². The number of likely N-dealkylation sites (tertiary alicyclic amines) is 2. The van der Waals surface area contributed by atoms with Crippen molar-refractivity contribution in [2.24, 2.45) is 11.8 Å². The monoisotopic (exact) mass is 727 g/mol. The van der Waals surface area contributed by atoms with Gasteiger partial charge in [-0.05, 0) is 68.2 Å². The highest BCUT2D eigenvalue weighted by Crippen LogP contribution is 2.37. The number of imidazole rings is 2. The Labute approximate surface area is 311 Å². The molecule has 5 atom stereocenters. The number of aliphatic hydroxyl groups excluding tert-OH is 1. The van der Waals surface area contributed by atoms with E-state index in [1.807, 2.05) is 51.9 Å². The van der Waals surface area contributed by atoms with Crippen LogP contribution < -0.4 is 5.32 Å². The lowest BCUT2D eigenvalue weighted by Gasteiger charge is -2.31. The third-order valence-electron chi connectivity index (χ3n) is 9.98. The van der Waals surface area contributed by atoms with Gasteiger partial charge in [0.1, 0.15) is 17.2 Å². The van der Waals surface area contributed by atoms with Crippen molar-refractivity contribution in [2.75, 3.05) is 33.9 Å². The van der Waals surface area contributed by atoms with E-state index >= 15 is 0 Å². The van der Waals surface area contributed by atoms with Crippen LogP contribution in [0.2, 0.25) is 0 Å². The quantitative estimate of drug-likeness (QED) is 0.123. The Balaban J connectivity index is 1.12. The molecule has 2 aromatic carbocycles. The van der Waals surface area contributed by atoms with Crippen LogP contribution in [0.1, 0.15) is 77.6 Å². The zero-order valence-electron chi connectivity index (χ0n) is 31.8. The molecule has 13 heteroatoms. The fraction of sp³-hybridized carbons (Fsp3) is 0.500. The van der Waals surface area contributed by atoms with Crippen LogP contribution in [0.3, 0.4) is 0 Å². The van der Waals surface area contributed by atoms with Crippen LogP contribution in [0.5, 0.6) is 0 Å².